The first-order valence-electron chi connectivity index (χ1n) is 11.2. The molecule has 0 fully saturated rings. The van der Waals surface area contributed by atoms with Gasteiger partial charge in [0.1, 0.15) is 12.2 Å². The lowest BCUT2D eigenvalue weighted by atomic mass is 10.0. The third-order valence-corrected chi connectivity index (χ3v) is 9.45. The first-order valence-corrected chi connectivity index (χ1v) is 12.9. The highest BCUT2D eigenvalue weighted by molar-refractivity contribution is 7.13. The molecule has 0 radical (unpaired) electrons. The van der Waals surface area contributed by atoms with Gasteiger partial charge in [0.2, 0.25) is 0 Å². The van der Waals surface area contributed by atoms with Crippen LogP contribution in [0.15, 0.2) is 60.7 Å². The Hall–Kier alpha value is -2.64. The zero-order chi connectivity index (χ0) is 22.7. The Balaban J connectivity index is 1.35. The molecule has 0 aliphatic carbocycles. The van der Waals surface area contributed by atoms with Crippen LogP contribution in [0.2, 0.25) is 0 Å². The molecule has 6 rings (SSSR count). The molecule has 2 aromatic carbocycles. The molecular weight excluding hydrogens is 448 g/mol. The van der Waals surface area contributed by atoms with Gasteiger partial charge in [0, 0.05) is 19.5 Å². The molecule has 2 aliphatic rings. The van der Waals surface area contributed by atoms with Crippen LogP contribution in [0.3, 0.4) is 0 Å². The summed E-state index contributed by atoms with van der Waals surface area (Å²) >= 11 is 3.47. The summed E-state index contributed by atoms with van der Waals surface area (Å²) in [6.07, 6.45) is -1.19. The van der Waals surface area contributed by atoms with Crippen molar-refractivity contribution >= 4 is 34.0 Å². The number of aliphatic hydroxyl groups excluding tert-OH is 2. The first-order chi connectivity index (χ1) is 16.0. The maximum Gasteiger partial charge on any atom is 0.114 e. The second-order valence-corrected chi connectivity index (χ2v) is 11.2. The number of hydrogen-bond donors (Lipinski definition) is 2. The summed E-state index contributed by atoms with van der Waals surface area (Å²) in [6.45, 7) is 6.81. The Kier molecular flexibility index (Phi) is 5.07. The van der Waals surface area contributed by atoms with Crippen LogP contribution in [-0.4, -0.2) is 16.9 Å². The van der Waals surface area contributed by atoms with Crippen molar-refractivity contribution in [3.8, 4) is 0 Å². The minimum absolute atomic E-state index is 0.596. The Morgan fingerprint density at radius 1 is 0.667 bits per heavy atom. The molecule has 4 heterocycles. The minimum atomic E-state index is -0.596. The fourth-order valence-electron chi connectivity index (χ4n) is 5.26. The molecule has 4 nitrogen and oxygen atoms in total. The van der Waals surface area contributed by atoms with Gasteiger partial charge in [-0.25, -0.2) is 0 Å². The number of nitrogens with zero attached hydrogens (tertiary/aromatic N) is 2. The molecule has 2 aromatic heterocycles. The van der Waals surface area contributed by atoms with Gasteiger partial charge in [-0.15, -0.1) is 22.7 Å². The zero-order valence-electron chi connectivity index (χ0n) is 18.7. The van der Waals surface area contributed by atoms with Gasteiger partial charge in [0.25, 0.3) is 0 Å². The standard InChI is InChI=1S/C27H26N2O2S2/c1-16-22-20(32-26(16)24(30)18-9-5-3-6-10-18)13-29-15-28(22)14-21-23(29)17(2)27(33-21)25(31)19-11-7-4-8-12-19/h3-12,24-25,30-31H,13-15H2,1-2H3. The predicted molar refractivity (Wildman–Crippen MR) is 136 cm³/mol. The molecule has 6 heteroatoms. The van der Waals surface area contributed by atoms with E-state index in [2.05, 4.69) is 23.6 Å². The van der Waals surface area contributed by atoms with Crippen molar-refractivity contribution in [1.29, 1.82) is 0 Å². The SMILES string of the molecule is Cc1c(C(O)c2ccccc2)sc2c1N1Cc3sc(C(O)c4ccccc4)c(C)c3N(C2)C1. The second kappa shape index (κ2) is 7.99. The molecule has 0 saturated heterocycles. The number of fused-ring (bicyclic) bond motifs is 6. The largest absolute Gasteiger partial charge is 0.383 e. The van der Waals surface area contributed by atoms with Crippen molar-refractivity contribution in [2.24, 2.45) is 0 Å². The summed E-state index contributed by atoms with van der Waals surface area (Å²) in [7, 11) is 0. The van der Waals surface area contributed by atoms with Crippen molar-refractivity contribution in [2.75, 3.05) is 16.5 Å². The molecule has 4 aromatic rings. The molecule has 0 saturated carbocycles. The van der Waals surface area contributed by atoms with Crippen molar-refractivity contribution in [1.82, 2.24) is 0 Å². The molecule has 2 atom stereocenters. The lowest BCUT2D eigenvalue weighted by Crippen LogP contribution is -2.45. The van der Waals surface area contributed by atoms with Gasteiger partial charge in [-0.1, -0.05) is 60.7 Å². The highest BCUT2D eigenvalue weighted by Gasteiger charge is 2.37. The van der Waals surface area contributed by atoms with Gasteiger partial charge in [-0.05, 0) is 36.1 Å². The van der Waals surface area contributed by atoms with Crippen LogP contribution in [0.4, 0.5) is 11.4 Å². The molecule has 168 valence electrons. The highest BCUT2D eigenvalue weighted by atomic mass is 32.1. The van der Waals surface area contributed by atoms with Crippen LogP contribution in [0.1, 0.15) is 54.0 Å². The van der Waals surface area contributed by atoms with E-state index in [1.54, 1.807) is 22.7 Å². The third-order valence-electron chi connectivity index (χ3n) is 6.81. The molecule has 0 amide bonds. The number of thiophene rings is 2. The highest BCUT2D eigenvalue weighted by Crippen LogP contribution is 2.50. The Bertz CT molecular complexity index is 1210. The van der Waals surface area contributed by atoms with Crippen LogP contribution < -0.4 is 9.80 Å². The lowest BCUT2D eigenvalue weighted by molar-refractivity contribution is 0.223. The quantitative estimate of drug-likeness (QED) is 0.387. The summed E-state index contributed by atoms with van der Waals surface area (Å²) in [5, 5.41) is 22.2. The Morgan fingerprint density at radius 2 is 1.06 bits per heavy atom. The molecule has 0 spiro atoms. The van der Waals surface area contributed by atoms with Crippen LogP contribution in [0.25, 0.3) is 0 Å². The van der Waals surface area contributed by atoms with Gasteiger partial charge >= 0.3 is 0 Å². The van der Waals surface area contributed by atoms with E-state index in [-0.39, 0.29) is 0 Å². The molecule has 2 bridgehead atoms. The summed E-state index contributed by atoms with van der Waals surface area (Å²) in [5.74, 6) is 0. The van der Waals surface area contributed by atoms with Crippen LogP contribution >= 0.6 is 22.7 Å². The fraction of sp³-hybridized carbons (Fsp3) is 0.259. The smallest absolute Gasteiger partial charge is 0.114 e. The molecular formula is C27H26N2O2S2. The maximum atomic E-state index is 11.1. The number of aliphatic hydroxyl groups is 2. The van der Waals surface area contributed by atoms with Crippen molar-refractivity contribution in [3.05, 3.63) is 102 Å². The normalized spacial score (nSPS) is 16.4. The summed E-state index contributed by atoms with van der Waals surface area (Å²) in [6, 6.07) is 19.8. The molecule has 33 heavy (non-hydrogen) atoms. The van der Waals surface area contributed by atoms with Gasteiger partial charge in [0.15, 0.2) is 0 Å². The van der Waals surface area contributed by atoms with Crippen molar-refractivity contribution < 1.29 is 10.2 Å². The number of rotatable bonds is 4. The summed E-state index contributed by atoms with van der Waals surface area (Å²) in [5.41, 5.74) is 6.81. The zero-order valence-corrected chi connectivity index (χ0v) is 20.3. The number of benzene rings is 2. The van der Waals surface area contributed by atoms with Crippen LogP contribution in [0.5, 0.6) is 0 Å². The summed E-state index contributed by atoms with van der Waals surface area (Å²) < 4.78 is 0. The van der Waals surface area contributed by atoms with Gasteiger partial charge in [0.05, 0.1) is 31.1 Å². The van der Waals surface area contributed by atoms with Crippen molar-refractivity contribution in [2.45, 2.75) is 39.1 Å². The average molecular weight is 475 g/mol. The van der Waals surface area contributed by atoms with E-state index in [1.165, 1.54) is 32.3 Å². The molecule has 2 aliphatic heterocycles. The number of anilines is 2. The van der Waals surface area contributed by atoms with E-state index in [0.717, 1.165) is 40.6 Å². The number of hydrogen-bond acceptors (Lipinski definition) is 6. The monoisotopic (exact) mass is 474 g/mol. The topological polar surface area (TPSA) is 46.9 Å². The molecule has 2 N–H and O–H groups in total. The van der Waals surface area contributed by atoms with Gasteiger partial charge in [-0.2, -0.15) is 0 Å². The van der Waals surface area contributed by atoms with Gasteiger partial charge < -0.3 is 20.0 Å². The summed E-state index contributed by atoms with van der Waals surface area (Å²) in [4.78, 5) is 9.57. The Morgan fingerprint density at radius 3 is 1.45 bits per heavy atom. The predicted octanol–water partition coefficient (Wildman–Crippen LogP) is 5.89. The fourth-order valence-corrected chi connectivity index (χ4v) is 7.98. The van der Waals surface area contributed by atoms with Crippen LogP contribution in [0, 0.1) is 13.8 Å². The average Bonchev–Trinajstić information content (AvgIpc) is 3.36. The molecule has 2 unspecified atom stereocenters. The third kappa shape index (κ3) is 3.32. The van der Waals surface area contributed by atoms with E-state index in [4.69, 9.17) is 0 Å². The minimum Gasteiger partial charge on any atom is -0.383 e. The maximum absolute atomic E-state index is 11.1. The van der Waals surface area contributed by atoms with Crippen molar-refractivity contribution in [3.63, 3.8) is 0 Å². The van der Waals surface area contributed by atoms with E-state index in [0.29, 0.717) is 0 Å². The van der Waals surface area contributed by atoms with E-state index >= 15 is 0 Å². The Labute approximate surface area is 202 Å². The van der Waals surface area contributed by atoms with Crippen LogP contribution in [-0.2, 0) is 13.1 Å². The lowest BCUT2D eigenvalue weighted by Gasteiger charge is -2.43. The van der Waals surface area contributed by atoms with E-state index < -0.39 is 12.2 Å². The van der Waals surface area contributed by atoms with E-state index in [9.17, 15) is 10.2 Å². The first kappa shape index (κ1) is 20.9. The van der Waals surface area contributed by atoms with Gasteiger partial charge in [-0.3, -0.25) is 0 Å². The van der Waals surface area contributed by atoms with E-state index in [1.807, 2.05) is 60.7 Å². The second-order valence-electron chi connectivity index (χ2n) is 8.89.